The molecule has 0 spiro atoms. The van der Waals surface area contributed by atoms with Crippen LogP contribution in [0.4, 0.5) is 0 Å². The van der Waals surface area contributed by atoms with Crippen LogP contribution in [-0.4, -0.2) is 42.4 Å². The van der Waals surface area contributed by atoms with Gasteiger partial charge >= 0.3 is 0 Å². The van der Waals surface area contributed by atoms with Crippen LogP contribution >= 0.6 is 0 Å². The zero-order chi connectivity index (χ0) is 11.8. The fourth-order valence-electron chi connectivity index (χ4n) is 1.36. The first-order chi connectivity index (χ1) is 7.76. The summed E-state index contributed by atoms with van der Waals surface area (Å²) in [6.07, 6.45) is 4.10. The first-order valence-electron chi connectivity index (χ1n) is 5.49. The highest BCUT2D eigenvalue weighted by Crippen LogP contribution is 1.99. The lowest BCUT2D eigenvalue weighted by Gasteiger charge is -2.02. The molecule has 0 unspecified atom stereocenters. The predicted molar refractivity (Wildman–Crippen MR) is 61.4 cm³/mol. The minimum Gasteiger partial charge on any atom is -0.383 e. The number of carbonyl (C=O) groups is 1. The van der Waals surface area contributed by atoms with E-state index in [1.807, 2.05) is 17.8 Å². The largest absolute Gasteiger partial charge is 0.383 e. The first-order valence-corrected chi connectivity index (χ1v) is 5.49. The van der Waals surface area contributed by atoms with Gasteiger partial charge in [-0.2, -0.15) is 5.10 Å². The summed E-state index contributed by atoms with van der Waals surface area (Å²) in [4.78, 5) is 11.5. The van der Waals surface area contributed by atoms with Crippen molar-refractivity contribution in [3.8, 4) is 0 Å². The number of rotatable bonds is 8. The van der Waals surface area contributed by atoms with Crippen molar-refractivity contribution in [2.75, 3.05) is 26.8 Å². The lowest BCUT2D eigenvalue weighted by Crippen LogP contribution is -2.27. The number of nitrogens with zero attached hydrogens (tertiary/aromatic N) is 2. The van der Waals surface area contributed by atoms with Crippen molar-refractivity contribution in [2.24, 2.45) is 0 Å². The third kappa shape index (κ3) is 4.55. The molecule has 0 aliphatic rings. The Morgan fingerprint density at radius 1 is 1.62 bits per heavy atom. The second kappa shape index (κ2) is 7.14. The van der Waals surface area contributed by atoms with Crippen LogP contribution in [0.3, 0.4) is 0 Å². The van der Waals surface area contributed by atoms with Crippen LogP contribution in [0.25, 0.3) is 0 Å². The van der Waals surface area contributed by atoms with E-state index in [4.69, 9.17) is 4.74 Å². The Labute approximate surface area is 95.8 Å². The molecule has 1 rings (SSSR count). The number of aromatic nitrogens is 2. The van der Waals surface area contributed by atoms with Gasteiger partial charge in [0, 0.05) is 32.8 Å². The Morgan fingerprint density at radius 3 is 3.06 bits per heavy atom. The van der Waals surface area contributed by atoms with E-state index in [-0.39, 0.29) is 5.78 Å². The van der Waals surface area contributed by atoms with Crippen molar-refractivity contribution in [1.29, 1.82) is 0 Å². The molecule has 0 aromatic carbocycles. The maximum atomic E-state index is 11.5. The molecule has 1 N–H and O–H groups in total. The van der Waals surface area contributed by atoms with Crippen molar-refractivity contribution >= 4 is 5.78 Å². The molecular formula is C11H19N3O2. The Bertz CT molecular complexity index is 323. The van der Waals surface area contributed by atoms with E-state index in [9.17, 15) is 4.79 Å². The summed E-state index contributed by atoms with van der Waals surface area (Å²) in [6.45, 7) is 4.57. The van der Waals surface area contributed by atoms with Gasteiger partial charge in [0.15, 0.2) is 5.78 Å². The van der Waals surface area contributed by atoms with Crippen LogP contribution in [0.15, 0.2) is 12.4 Å². The van der Waals surface area contributed by atoms with E-state index in [1.54, 1.807) is 13.3 Å². The number of carbonyl (C=O) groups excluding carboxylic acids is 1. The highest BCUT2D eigenvalue weighted by molar-refractivity contribution is 5.82. The molecule has 5 heteroatoms. The number of aryl methyl sites for hydroxylation is 1. The molecule has 90 valence electrons. The van der Waals surface area contributed by atoms with Crippen LogP contribution in [0.2, 0.25) is 0 Å². The van der Waals surface area contributed by atoms with Crippen molar-refractivity contribution < 1.29 is 9.53 Å². The number of Topliss-reactive ketones (excluding diaryl/α,β-unsaturated/α-hetero) is 1. The normalized spacial score (nSPS) is 10.6. The van der Waals surface area contributed by atoms with E-state index >= 15 is 0 Å². The molecule has 0 fully saturated rings. The molecular weight excluding hydrogens is 206 g/mol. The van der Waals surface area contributed by atoms with Crippen molar-refractivity contribution in [3.63, 3.8) is 0 Å². The molecule has 0 aliphatic carbocycles. The molecule has 1 aromatic rings. The van der Waals surface area contributed by atoms with Crippen LogP contribution < -0.4 is 5.32 Å². The molecule has 0 atom stereocenters. The summed E-state index contributed by atoms with van der Waals surface area (Å²) in [6, 6.07) is 0. The zero-order valence-corrected chi connectivity index (χ0v) is 9.90. The van der Waals surface area contributed by atoms with Gasteiger partial charge in [0.25, 0.3) is 0 Å². The molecule has 5 nitrogen and oxygen atoms in total. The Balaban J connectivity index is 2.23. The zero-order valence-electron chi connectivity index (χ0n) is 9.90. The van der Waals surface area contributed by atoms with E-state index in [0.717, 1.165) is 12.1 Å². The average Bonchev–Trinajstić information content (AvgIpc) is 2.72. The van der Waals surface area contributed by atoms with Crippen LogP contribution in [0, 0.1) is 0 Å². The molecule has 0 saturated heterocycles. The quantitative estimate of drug-likeness (QED) is 0.644. The molecule has 0 saturated carbocycles. The Kier molecular flexibility index (Phi) is 5.74. The number of hydrogen-bond donors (Lipinski definition) is 1. The number of nitrogens with one attached hydrogen (secondary N) is 1. The molecule has 0 radical (unpaired) electrons. The van der Waals surface area contributed by atoms with E-state index in [0.29, 0.717) is 26.1 Å². The van der Waals surface area contributed by atoms with Crippen molar-refractivity contribution in [3.05, 3.63) is 18.0 Å². The number of hydrogen-bond acceptors (Lipinski definition) is 4. The van der Waals surface area contributed by atoms with Gasteiger partial charge in [-0.1, -0.05) is 0 Å². The second-order valence-electron chi connectivity index (χ2n) is 3.59. The lowest BCUT2D eigenvalue weighted by atomic mass is 10.2. The number of ketones is 1. The van der Waals surface area contributed by atoms with Gasteiger partial charge in [-0.15, -0.1) is 0 Å². The van der Waals surface area contributed by atoms with Crippen molar-refractivity contribution in [1.82, 2.24) is 15.1 Å². The summed E-state index contributed by atoms with van der Waals surface area (Å²) in [5, 5.41) is 7.15. The number of ether oxygens (including phenoxy) is 1. The monoisotopic (exact) mass is 225 g/mol. The second-order valence-corrected chi connectivity index (χ2v) is 3.59. The van der Waals surface area contributed by atoms with E-state index < -0.39 is 0 Å². The minimum atomic E-state index is 0.173. The summed E-state index contributed by atoms with van der Waals surface area (Å²) >= 11 is 0. The Hall–Kier alpha value is -1.20. The molecule has 0 bridgehead atoms. The van der Waals surface area contributed by atoms with Gasteiger partial charge in [0.1, 0.15) is 0 Å². The maximum absolute atomic E-state index is 11.5. The van der Waals surface area contributed by atoms with Crippen LogP contribution in [-0.2, 0) is 22.5 Å². The van der Waals surface area contributed by atoms with Gasteiger partial charge in [0.2, 0.25) is 0 Å². The maximum Gasteiger partial charge on any atom is 0.151 e. The molecule has 1 heterocycles. The molecule has 0 amide bonds. The van der Waals surface area contributed by atoms with Gasteiger partial charge in [-0.25, -0.2) is 0 Å². The van der Waals surface area contributed by atoms with Gasteiger partial charge in [0.05, 0.1) is 19.3 Å². The fourth-order valence-corrected chi connectivity index (χ4v) is 1.36. The fraction of sp³-hybridized carbons (Fsp3) is 0.636. The summed E-state index contributed by atoms with van der Waals surface area (Å²) < 4.78 is 6.69. The predicted octanol–water partition coefficient (Wildman–Crippen LogP) is 0.251. The van der Waals surface area contributed by atoms with Gasteiger partial charge < -0.3 is 10.1 Å². The van der Waals surface area contributed by atoms with Crippen molar-refractivity contribution in [2.45, 2.75) is 19.9 Å². The Morgan fingerprint density at radius 2 is 2.44 bits per heavy atom. The smallest absolute Gasteiger partial charge is 0.151 e. The molecule has 0 aliphatic heterocycles. The lowest BCUT2D eigenvalue weighted by molar-refractivity contribution is -0.117. The standard InChI is InChI=1S/C11H19N3O2/c1-3-14-9-10(7-13-14)6-11(15)8-12-4-5-16-2/h7,9,12H,3-6,8H2,1-2H3. The third-order valence-corrected chi connectivity index (χ3v) is 2.22. The molecule has 1 aromatic heterocycles. The van der Waals surface area contributed by atoms with E-state index in [2.05, 4.69) is 10.4 Å². The minimum absolute atomic E-state index is 0.173. The SMILES string of the molecule is CCn1cc(CC(=O)CNCCOC)cn1. The average molecular weight is 225 g/mol. The summed E-state index contributed by atoms with van der Waals surface area (Å²) in [5.74, 6) is 0.173. The summed E-state index contributed by atoms with van der Waals surface area (Å²) in [7, 11) is 1.64. The first kappa shape index (κ1) is 12.9. The van der Waals surface area contributed by atoms with Gasteiger partial charge in [-0.05, 0) is 12.5 Å². The highest BCUT2D eigenvalue weighted by Gasteiger charge is 2.05. The van der Waals surface area contributed by atoms with E-state index in [1.165, 1.54) is 0 Å². The molecule has 16 heavy (non-hydrogen) atoms. The summed E-state index contributed by atoms with van der Waals surface area (Å²) in [5.41, 5.74) is 0.973. The number of methoxy groups -OCH3 is 1. The highest BCUT2D eigenvalue weighted by atomic mass is 16.5. The van der Waals surface area contributed by atoms with Crippen LogP contribution in [0.5, 0.6) is 0 Å². The third-order valence-electron chi connectivity index (χ3n) is 2.22. The topological polar surface area (TPSA) is 56.2 Å². The van der Waals surface area contributed by atoms with Crippen LogP contribution in [0.1, 0.15) is 12.5 Å². The van der Waals surface area contributed by atoms with Gasteiger partial charge in [-0.3, -0.25) is 9.48 Å².